The predicted molar refractivity (Wildman–Crippen MR) is 77.6 cm³/mol. The van der Waals surface area contributed by atoms with Gasteiger partial charge < -0.3 is 20.9 Å². The van der Waals surface area contributed by atoms with Crippen LogP contribution in [0, 0.1) is 0 Å². The number of imidazole rings is 1. The average molecular weight is 277 g/mol. The molecule has 2 heterocycles. The van der Waals surface area contributed by atoms with Crippen molar-refractivity contribution in [2.75, 3.05) is 30.8 Å². The molecule has 8 heteroatoms. The SMILES string of the molecule is CCCNc1nc(NCCC(=O)NC)c2[nH]cnc2n1. The summed E-state index contributed by atoms with van der Waals surface area (Å²) in [6, 6.07) is 0. The first-order chi connectivity index (χ1) is 9.74. The zero-order chi connectivity index (χ0) is 14.4. The van der Waals surface area contributed by atoms with Crippen molar-refractivity contribution in [2.24, 2.45) is 0 Å². The standard InChI is InChI=1S/C12H19N7O/c1-3-5-15-12-18-10(14-6-4-8(20)13-2)9-11(19-12)17-7-16-9/h7H,3-6H2,1-2H3,(H,13,20)(H3,14,15,16,17,18,19). The average Bonchev–Trinajstić information content (AvgIpc) is 2.93. The highest BCUT2D eigenvalue weighted by molar-refractivity contribution is 5.84. The minimum Gasteiger partial charge on any atom is -0.368 e. The van der Waals surface area contributed by atoms with Crippen molar-refractivity contribution >= 4 is 28.8 Å². The van der Waals surface area contributed by atoms with Gasteiger partial charge >= 0.3 is 0 Å². The third-order valence-corrected chi connectivity index (χ3v) is 2.74. The van der Waals surface area contributed by atoms with Crippen LogP contribution in [0.5, 0.6) is 0 Å². The number of carbonyl (C=O) groups is 1. The van der Waals surface area contributed by atoms with Gasteiger partial charge in [-0.3, -0.25) is 4.79 Å². The summed E-state index contributed by atoms with van der Waals surface area (Å²) < 4.78 is 0. The summed E-state index contributed by atoms with van der Waals surface area (Å²) >= 11 is 0. The number of rotatable bonds is 7. The molecule has 0 aliphatic carbocycles. The van der Waals surface area contributed by atoms with Gasteiger partial charge in [0.2, 0.25) is 11.9 Å². The second kappa shape index (κ2) is 6.69. The van der Waals surface area contributed by atoms with Gasteiger partial charge in [0.05, 0.1) is 6.33 Å². The zero-order valence-corrected chi connectivity index (χ0v) is 11.7. The summed E-state index contributed by atoms with van der Waals surface area (Å²) in [6.07, 6.45) is 2.95. The Morgan fingerprint density at radius 1 is 1.30 bits per heavy atom. The van der Waals surface area contributed by atoms with E-state index in [1.54, 1.807) is 13.4 Å². The van der Waals surface area contributed by atoms with Crippen molar-refractivity contribution in [3.05, 3.63) is 6.33 Å². The number of aromatic amines is 1. The molecular weight excluding hydrogens is 258 g/mol. The zero-order valence-electron chi connectivity index (χ0n) is 11.7. The molecule has 0 saturated carbocycles. The Labute approximate surface area is 116 Å². The fourth-order valence-corrected chi connectivity index (χ4v) is 1.70. The molecule has 0 unspecified atom stereocenters. The third-order valence-electron chi connectivity index (χ3n) is 2.74. The number of carbonyl (C=O) groups excluding carboxylic acids is 1. The van der Waals surface area contributed by atoms with Crippen molar-refractivity contribution < 1.29 is 4.79 Å². The minimum absolute atomic E-state index is 0.0169. The van der Waals surface area contributed by atoms with E-state index in [2.05, 4.69) is 42.8 Å². The summed E-state index contributed by atoms with van der Waals surface area (Å²) in [5.41, 5.74) is 1.34. The van der Waals surface area contributed by atoms with Gasteiger partial charge in [0.1, 0.15) is 5.52 Å². The van der Waals surface area contributed by atoms with Crippen molar-refractivity contribution in [2.45, 2.75) is 19.8 Å². The first kappa shape index (κ1) is 14.0. The van der Waals surface area contributed by atoms with Gasteiger partial charge in [0.15, 0.2) is 11.5 Å². The Bertz CT molecular complexity index is 580. The number of nitrogens with zero attached hydrogens (tertiary/aromatic N) is 3. The van der Waals surface area contributed by atoms with Crippen LogP contribution in [-0.2, 0) is 4.79 Å². The van der Waals surface area contributed by atoms with E-state index in [-0.39, 0.29) is 5.91 Å². The number of hydrogen-bond donors (Lipinski definition) is 4. The maximum atomic E-state index is 11.2. The molecular formula is C12H19N7O. The normalized spacial score (nSPS) is 10.5. The van der Waals surface area contributed by atoms with Gasteiger partial charge in [-0.15, -0.1) is 0 Å². The lowest BCUT2D eigenvalue weighted by atomic mass is 10.4. The quantitative estimate of drug-likeness (QED) is 0.594. The lowest BCUT2D eigenvalue weighted by molar-refractivity contribution is -0.120. The first-order valence-corrected chi connectivity index (χ1v) is 6.64. The molecule has 108 valence electrons. The Kier molecular flexibility index (Phi) is 4.70. The van der Waals surface area contributed by atoms with E-state index in [9.17, 15) is 4.79 Å². The van der Waals surface area contributed by atoms with E-state index in [0.717, 1.165) is 18.5 Å². The highest BCUT2D eigenvalue weighted by Crippen LogP contribution is 2.18. The summed E-state index contributed by atoms with van der Waals surface area (Å²) in [6.45, 7) is 3.37. The molecule has 0 bridgehead atoms. The fraction of sp³-hybridized carbons (Fsp3) is 0.500. The molecule has 8 nitrogen and oxygen atoms in total. The molecule has 0 radical (unpaired) electrons. The Morgan fingerprint density at radius 3 is 2.90 bits per heavy atom. The number of H-pyrrole nitrogens is 1. The highest BCUT2D eigenvalue weighted by atomic mass is 16.1. The third kappa shape index (κ3) is 3.34. The van der Waals surface area contributed by atoms with E-state index in [1.807, 2.05) is 0 Å². The van der Waals surface area contributed by atoms with E-state index in [4.69, 9.17) is 0 Å². The van der Waals surface area contributed by atoms with Crippen molar-refractivity contribution in [1.29, 1.82) is 0 Å². The van der Waals surface area contributed by atoms with E-state index in [0.29, 0.717) is 30.4 Å². The Morgan fingerprint density at radius 2 is 2.15 bits per heavy atom. The van der Waals surface area contributed by atoms with Crippen molar-refractivity contribution in [3.8, 4) is 0 Å². The Hall–Kier alpha value is -2.38. The second-order valence-electron chi connectivity index (χ2n) is 4.27. The maximum Gasteiger partial charge on any atom is 0.226 e. The molecule has 2 aromatic rings. The van der Waals surface area contributed by atoms with Gasteiger partial charge in [0, 0.05) is 26.6 Å². The molecule has 0 aliphatic rings. The maximum absolute atomic E-state index is 11.2. The summed E-state index contributed by atoms with van der Waals surface area (Å²) in [5.74, 6) is 1.17. The topological polar surface area (TPSA) is 108 Å². The fourth-order valence-electron chi connectivity index (χ4n) is 1.70. The lowest BCUT2D eigenvalue weighted by Gasteiger charge is -2.08. The number of anilines is 2. The van der Waals surface area contributed by atoms with E-state index >= 15 is 0 Å². The van der Waals surface area contributed by atoms with Crippen molar-refractivity contribution in [1.82, 2.24) is 25.3 Å². The summed E-state index contributed by atoms with van der Waals surface area (Å²) in [4.78, 5) is 27.1. The molecule has 4 N–H and O–H groups in total. The van der Waals surface area contributed by atoms with Crippen LogP contribution in [0.3, 0.4) is 0 Å². The van der Waals surface area contributed by atoms with Gasteiger partial charge in [-0.25, -0.2) is 4.98 Å². The van der Waals surface area contributed by atoms with Gasteiger partial charge in [-0.2, -0.15) is 9.97 Å². The van der Waals surface area contributed by atoms with Crippen LogP contribution in [0.2, 0.25) is 0 Å². The second-order valence-corrected chi connectivity index (χ2v) is 4.27. The molecule has 0 saturated heterocycles. The van der Waals surface area contributed by atoms with Crippen LogP contribution < -0.4 is 16.0 Å². The van der Waals surface area contributed by atoms with Gasteiger partial charge in [0.25, 0.3) is 0 Å². The van der Waals surface area contributed by atoms with Crippen LogP contribution in [-0.4, -0.2) is 46.0 Å². The molecule has 20 heavy (non-hydrogen) atoms. The summed E-state index contributed by atoms with van der Waals surface area (Å²) in [5, 5.41) is 8.84. The van der Waals surface area contributed by atoms with Crippen LogP contribution in [0.1, 0.15) is 19.8 Å². The van der Waals surface area contributed by atoms with Gasteiger partial charge in [-0.1, -0.05) is 6.92 Å². The number of hydrogen-bond acceptors (Lipinski definition) is 6. The highest BCUT2D eigenvalue weighted by Gasteiger charge is 2.09. The van der Waals surface area contributed by atoms with Gasteiger partial charge in [-0.05, 0) is 6.42 Å². The molecule has 0 spiro atoms. The molecule has 0 aromatic carbocycles. The van der Waals surface area contributed by atoms with Crippen molar-refractivity contribution in [3.63, 3.8) is 0 Å². The minimum atomic E-state index is -0.0169. The van der Waals surface area contributed by atoms with Crippen LogP contribution in [0.25, 0.3) is 11.2 Å². The molecule has 0 atom stereocenters. The van der Waals surface area contributed by atoms with Crippen LogP contribution in [0.15, 0.2) is 6.33 Å². The monoisotopic (exact) mass is 277 g/mol. The van der Waals surface area contributed by atoms with E-state index in [1.165, 1.54) is 0 Å². The molecule has 2 aromatic heterocycles. The number of aromatic nitrogens is 4. The number of fused-ring (bicyclic) bond motifs is 1. The number of nitrogens with one attached hydrogen (secondary N) is 4. The van der Waals surface area contributed by atoms with E-state index < -0.39 is 0 Å². The molecule has 0 fully saturated rings. The Balaban J connectivity index is 2.12. The largest absolute Gasteiger partial charge is 0.368 e. The molecule has 1 amide bonds. The predicted octanol–water partition coefficient (Wildman–Crippen LogP) is 0.723. The molecule has 0 aliphatic heterocycles. The smallest absolute Gasteiger partial charge is 0.226 e. The van der Waals surface area contributed by atoms with Crippen LogP contribution >= 0.6 is 0 Å². The lowest BCUT2D eigenvalue weighted by Crippen LogP contribution is -2.21. The number of amides is 1. The van der Waals surface area contributed by atoms with Crippen LogP contribution in [0.4, 0.5) is 11.8 Å². The molecule has 2 rings (SSSR count). The first-order valence-electron chi connectivity index (χ1n) is 6.64. The summed E-state index contributed by atoms with van der Waals surface area (Å²) in [7, 11) is 1.62.